The summed E-state index contributed by atoms with van der Waals surface area (Å²) in [5.41, 5.74) is 0.653. The standard InChI is InChI=1S/C7H9NO/c1-3-5-7(4-2)8-6-9/h3-6H,1-2H2,(H,8,9)/b7-5+. The van der Waals surface area contributed by atoms with Crippen molar-refractivity contribution in [3.8, 4) is 0 Å². The summed E-state index contributed by atoms with van der Waals surface area (Å²) in [4.78, 5) is 9.81. The molecule has 2 nitrogen and oxygen atoms in total. The van der Waals surface area contributed by atoms with Crippen molar-refractivity contribution in [3.63, 3.8) is 0 Å². The highest BCUT2D eigenvalue weighted by atomic mass is 16.1. The molecule has 0 unspecified atom stereocenters. The third kappa shape index (κ3) is 3.29. The maximum Gasteiger partial charge on any atom is 0.211 e. The molecular formula is C7H9NO. The maximum absolute atomic E-state index is 9.81. The van der Waals surface area contributed by atoms with Crippen molar-refractivity contribution < 1.29 is 4.79 Å². The summed E-state index contributed by atoms with van der Waals surface area (Å²) in [6, 6.07) is 0. The summed E-state index contributed by atoms with van der Waals surface area (Å²) in [6.45, 7) is 6.91. The van der Waals surface area contributed by atoms with E-state index in [4.69, 9.17) is 0 Å². The molecule has 0 aromatic carbocycles. The third-order valence-electron chi connectivity index (χ3n) is 0.743. The fraction of sp³-hybridized carbons (Fsp3) is 0. The van der Waals surface area contributed by atoms with Crippen LogP contribution in [0, 0.1) is 0 Å². The summed E-state index contributed by atoms with van der Waals surface area (Å²) in [7, 11) is 0. The van der Waals surface area contributed by atoms with E-state index in [2.05, 4.69) is 18.5 Å². The Morgan fingerprint density at radius 1 is 1.44 bits per heavy atom. The number of carbonyl (C=O) groups is 1. The van der Waals surface area contributed by atoms with Gasteiger partial charge in [-0.2, -0.15) is 0 Å². The Hall–Kier alpha value is -1.31. The molecule has 0 aliphatic rings. The highest BCUT2D eigenvalue weighted by Gasteiger charge is 1.81. The van der Waals surface area contributed by atoms with Crippen molar-refractivity contribution in [2.24, 2.45) is 0 Å². The lowest BCUT2D eigenvalue weighted by atomic mass is 10.4. The summed E-state index contributed by atoms with van der Waals surface area (Å²) in [5, 5.41) is 2.42. The average Bonchev–Trinajstić information content (AvgIpc) is 1.88. The molecule has 0 aromatic rings. The van der Waals surface area contributed by atoms with Gasteiger partial charge in [-0.1, -0.05) is 19.2 Å². The van der Waals surface area contributed by atoms with Crippen molar-refractivity contribution in [2.75, 3.05) is 0 Å². The zero-order chi connectivity index (χ0) is 7.11. The van der Waals surface area contributed by atoms with Crippen molar-refractivity contribution >= 4 is 6.41 Å². The van der Waals surface area contributed by atoms with Gasteiger partial charge in [-0.25, -0.2) is 0 Å². The fourth-order valence-electron chi connectivity index (χ4n) is 0.370. The third-order valence-corrected chi connectivity index (χ3v) is 0.743. The molecule has 0 atom stereocenters. The Balaban J connectivity index is 3.95. The minimum atomic E-state index is 0.594. The number of carbonyl (C=O) groups excluding carboxylic acids is 1. The van der Waals surface area contributed by atoms with Crippen molar-refractivity contribution in [3.05, 3.63) is 37.1 Å². The number of hydrogen-bond acceptors (Lipinski definition) is 1. The molecule has 1 N–H and O–H groups in total. The summed E-state index contributed by atoms with van der Waals surface area (Å²) in [6.07, 6.45) is 5.36. The molecule has 0 heterocycles. The molecule has 0 aromatic heterocycles. The van der Waals surface area contributed by atoms with Crippen LogP contribution in [0.4, 0.5) is 0 Å². The zero-order valence-corrected chi connectivity index (χ0v) is 5.13. The first kappa shape index (κ1) is 7.69. The van der Waals surface area contributed by atoms with Gasteiger partial charge in [0, 0.05) is 5.70 Å². The number of allylic oxidation sites excluding steroid dienone is 3. The van der Waals surface area contributed by atoms with E-state index in [1.54, 1.807) is 12.2 Å². The monoisotopic (exact) mass is 123 g/mol. The zero-order valence-electron chi connectivity index (χ0n) is 5.13. The van der Waals surface area contributed by atoms with E-state index in [9.17, 15) is 4.79 Å². The molecular weight excluding hydrogens is 114 g/mol. The predicted molar refractivity (Wildman–Crippen MR) is 37.7 cm³/mol. The lowest BCUT2D eigenvalue weighted by molar-refractivity contribution is -0.108. The van der Waals surface area contributed by atoms with Crippen LogP contribution in [0.25, 0.3) is 0 Å². The van der Waals surface area contributed by atoms with Crippen LogP contribution < -0.4 is 5.32 Å². The van der Waals surface area contributed by atoms with Crippen LogP contribution in [0.1, 0.15) is 0 Å². The first-order valence-corrected chi connectivity index (χ1v) is 2.50. The molecule has 1 amide bonds. The van der Waals surface area contributed by atoms with Gasteiger partial charge in [-0.3, -0.25) is 4.79 Å². The Morgan fingerprint density at radius 2 is 2.11 bits per heavy atom. The highest BCUT2D eigenvalue weighted by Crippen LogP contribution is 1.86. The summed E-state index contributed by atoms with van der Waals surface area (Å²) in [5.74, 6) is 0. The number of amides is 1. The molecule has 0 radical (unpaired) electrons. The van der Waals surface area contributed by atoms with Crippen molar-refractivity contribution in [2.45, 2.75) is 0 Å². The second kappa shape index (κ2) is 4.84. The molecule has 0 saturated heterocycles. The molecule has 0 bridgehead atoms. The van der Waals surface area contributed by atoms with Gasteiger partial charge >= 0.3 is 0 Å². The minimum Gasteiger partial charge on any atom is -0.329 e. The van der Waals surface area contributed by atoms with Gasteiger partial charge in [0.2, 0.25) is 6.41 Å². The number of hydrogen-bond donors (Lipinski definition) is 1. The van der Waals surface area contributed by atoms with E-state index in [1.165, 1.54) is 6.08 Å². The van der Waals surface area contributed by atoms with Crippen molar-refractivity contribution in [1.29, 1.82) is 0 Å². The second-order valence-electron chi connectivity index (χ2n) is 1.32. The van der Waals surface area contributed by atoms with E-state index < -0.39 is 0 Å². The van der Waals surface area contributed by atoms with Gasteiger partial charge in [0.25, 0.3) is 0 Å². The lowest BCUT2D eigenvalue weighted by Gasteiger charge is -1.93. The lowest BCUT2D eigenvalue weighted by Crippen LogP contribution is -2.06. The predicted octanol–water partition coefficient (Wildman–Crippen LogP) is 0.988. The van der Waals surface area contributed by atoms with Gasteiger partial charge in [-0.15, -0.1) is 0 Å². The van der Waals surface area contributed by atoms with Crippen LogP contribution in [0.2, 0.25) is 0 Å². The quantitative estimate of drug-likeness (QED) is 0.438. The smallest absolute Gasteiger partial charge is 0.211 e. The van der Waals surface area contributed by atoms with Crippen LogP contribution in [-0.4, -0.2) is 6.41 Å². The first-order chi connectivity index (χ1) is 4.35. The largest absolute Gasteiger partial charge is 0.329 e. The Morgan fingerprint density at radius 3 is 2.44 bits per heavy atom. The first-order valence-electron chi connectivity index (χ1n) is 2.50. The van der Waals surface area contributed by atoms with E-state index in [1.807, 2.05) is 0 Å². The van der Waals surface area contributed by atoms with E-state index in [-0.39, 0.29) is 0 Å². The molecule has 0 rings (SSSR count). The topological polar surface area (TPSA) is 29.1 Å². The molecule has 48 valence electrons. The molecule has 0 fully saturated rings. The highest BCUT2D eigenvalue weighted by molar-refractivity contribution is 5.51. The Kier molecular flexibility index (Phi) is 4.14. The molecule has 0 saturated carbocycles. The minimum absolute atomic E-state index is 0.594. The SMILES string of the molecule is C=C/C=C(\C=C)NC=O. The van der Waals surface area contributed by atoms with Crippen molar-refractivity contribution in [1.82, 2.24) is 5.32 Å². The summed E-state index contributed by atoms with van der Waals surface area (Å²) < 4.78 is 0. The molecule has 2 heteroatoms. The van der Waals surface area contributed by atoms with Gasteiger partial charge < -0.3 is 5.32 Å². The van der Waals surface area contributed by atoms with Gasteiger partial charge in [0.1, 0.15) is 0 Å². The Labute approximate surface area is 54.6 Å². The molecule has 9 heavy (non-hydrogen) atoms. The Bertz CT molecular complexity index is 147. The van der Waals surface area contributed by atoms with Gasteiger partial charge in [0.05, 0.1) is 0 Å². The van der Waals surface area contributed by atoms with Gasteiger partial charge in [-0.05, 0) is 12.2 Å². The summed E-state index contributed by atoms with van der Waals surface area (Å²) >= 11 is 0. The number of nitrogens with one attached hydrogen (secondary N) is 1. The second-order valence-corrected chi connectivity index (χ2v) is 1.32. The molecule has 0 aliphatic carbocycles. The average molecular weight is 123 g/mol. The van der Waals surface area contributed by atoms with Gasteiger partial charge in [0.15, 0.2) is 0 Å². The number of rotatable bonds is 4. The van der Waals surface area contributed by atoms with Crippen LogP contribution in [0.15, 0.2) is 37.1 Å². The van der Waals surface area contributed by atoms with E-state index in [0.29, 0.717) is 12.1 Å². The molecule has 0 spiro atoms. The van der Waals surface area contributed by atoms with Crippen LogP contribution >= 0.6 is 0 Å². The molecule has 0 aliphatic heterocycles. The maximum atomic E-state index is 9.81. The van der Waals surface area contributed by atoms with Crippen LogP contribution in [-0.2, 0) is 4.79 Å². The fourth-order valence-corrected chi connectivity index (χ4v) is 0.370. The van der Waals surface area contributed by atoms with E-state index >= 15 is 0 Å². The normalized spacial score (nSPS) is 10.0. The van der Waals surface area contributed by atoms with Crippen LogP contribution in [0.3, 0.4) is 0 Å². The van der Waals surface area contributed by atoms with E-state index in [0.717, 1.165) is 0 Å². The van der Waals surface area contributed by atoms with Crippen LogP contribution in [0.5, 0.6) is 0 Å².